The van der Waals surface area contributed by atoms with Crippen LogP contribution >= 0.6 is 0 Å². The van der Waals surface area contributed by atoms with Crippen LogP contribution in [0.4, 0.5) is 0 Å². The second-order valence-corrected chi connectivity index (χ2v) is 10.6. The average Bonchev–Trinajstić information content (AvgIpc) is 3.08. The zero-order valence-electron chi connectivity index (χ0n) is 24.0. The Morgan fingerprint density at radius 1 is 0.386 bits per heavy atom. The molecular formula is C40H28N4. The first-order valence-corrected chi connectivity index (χ1v) is 14.3. The zero-order chi connectivity index (χ0) is 30.7. The van der Waals surface area contributed by atoms with Crippen LogP contribution in [0.5, 0.6) is 0 Å². The smallest absolute Gasteiger partial charge is 0.0991 e. The van der Waals surface area contributed by atoms with Crippen molar-refractivity contribution in [1.29, 1.82) is 21.0 Å². The van der Waals surface area contributed by atoms with E-state index >= 15 is 0 Å². The molecule has 1 aliphatic carbocycles. The SMILES string of the molecule is N#Cc1ccc(/C=C/C=C/[C@@H]2[C@H](/C=C/C=C/c3ccc(C#N)cc3)[C@@H](c3ccc(C#N)cc3)[C@H]2c2ccc(C#N)cc2)cc1. The maximum atomic E-state index is 9.37. The van der Waals surface area contributed by atoms with Crippen LogP contribution in [0.3, 0.4) is 0 Å². The first-order chi connectivity index (χ1) is 21.6. The van der Waals surface area contributed by atoms with E-state index in [1.54, 1.807) is 0 Å². The molecule has 0 aromatic heterocycles. The molecule has 1 fully saturated rings. The largest absolute Gasteiger partial charge is 0.192 e. The molecule has 0 heterocycles. The second-order valence-electron chi connectivity index (χ2n) is 10.6. The van der Waals surface area contributed by atoms with Gasteiger partial charge in [0, 0.05) is 0 Å². The van der Waals surface area contributed by atoms with Crippen molar-refractivity contribution in [1.82, 2.24) is 0 Å². The highest BCUT2D eigenvalue weighted by molar-refractivity contribution is 5.54. The second kappa shape index (κ2) is 14.1. The van der Waals surface area contributed by atoms with Gasteiger partial charge in [0.1, 0.15) is 0 Å². The molecule has 0 bridgehead atoms. The molecule has 0 amide bonds. The Morgan fingerprint density at radius 2 is 0.682 bits per heavy atom. The van der Waals surface area contributed by atoms with Crippen molar-refractivity contribution >= 4 is 12.2 Å². The molecular weight excluding hydrogens is 536 g/mol. The summed E-state index contributed by atoms with van der Waals surface area (Å²) >= 11 is 0. The normalized spacial score (nSPS) is 19.4. The number of allylic oxidation sites excluding steroid dienone is 6. The van der Waals surface area contributed by atoms with E-state index in [-0.39, 0.29) is 23.7 Å². The summed E-state index contributed by atoms with van der Waals surface area (Å²) < 4.78 is 0. The molecule has 4 aromatic carbocycles. The summed E-state index contributed by atoms with van der Waals surface area (Å²) in [4.78, 5) is 0. The van der Waals surface area contributed by atoms with Crippen LogP contribution in [-0.2, 0) is 0 Å². The van der Waals surface area contributed by atoms with Crippen molar-refractivity contribution in [2.24, 2.45) is 11.8 Å². The van der Waals surface area contributed by atoms with Gasteiger partial charge in [0.25, 0.3) is 0 Å². The fourth-order valence-corrected chi connectivity index (χ4v) is 5.78. The standard InChI is InChI=1S/C40H28N4/c41-25-31-13-9-29(10-14-31)5-1-3-7-37-38(8-4-2-6-30-11-15-32(26-42)16-12-30)40(36-23-19-34(28-44)20-24-36)39(37)35-21-17-33(27-43)18-22-35/h1-24,37-40H/b5-1+,6-2+,7-3+,8-4+/t37-,38+,39+,40-. The third-order valence-corrected chi connectivity index (χ3v) is 8.06. The van der Waals surface area contributed by atoms with E-state index in [2.05, 4.69) is 72.8 Å². The minimum atomic E-state index is 0.174. The maximum absolute atomic E-state index is 9.37. The summed E-state index contributed by atoms with van der Waals surface area (Å²) in [7, 11) is 0. The van der Waals surface area contributed by atoms with Crippen LogP contribution < -0.4 is 0 Å². The van der Waals surface area contributed by atoms with Gasteiger partial charge >= 0.3 is 0 Å². The van der Waals surface area contributed by atoms with Gasteiger partial charge in [-0.3, -0.25) is 0 Å². The number of hydrogen-bond donors (Lipinski definition) is 0. The molecule has 1 aliphatic rings. The number of rotatable bonds is 8. The van der Waals surface area contributed by atoms with Gasteiger partial charge < -0.3 is 0 Å². The molecule has 4 aromatic rings. The van der Waals surface area contributed by atoms with Gasteiger partial charge in [-0.2, -0.15) is 21.0 Å². The van der Waals surface area contributed by atoms with Crippen molar-refractivity contribution < 1.29 is 0 Å². The van der Waals surface area contributed by atoms with Gasteiger partial charge in [0.05, 0.1) is 46.5 Å². The summed E-state index contributed by atoms with van der Waals surface area (Å²) in [5, 5.41) is 36.9. The molecule has 4 nitrogen and oxygen atoms in total. The molecule has 208 valence electrons. The van der Waals surface area contributed by atoms with Crippen molar-refractivity contribution in [3.63, 3.8) is 0 Å². The van der Waals surface area contributed by atoms with Gasteiger partial charge in [-0.05, 0) is 94.5 Å². The Bertz CT molecular complexity index is 1740. The topological polar surface area (TPSA) is 95.2 Å². The fraction of sp³-hybridized carbons (Fsp3) is 0.100. The highest BCUT2D eigenvalue weighted by Gasteiger charge is 2.48. The molecule has 5 rings (SSSR count). The third-order valence-electron chi connectivity index (χ3n) is 8.06. The van der Waals surface area contributed by atoms with Crippen LogP contribution in [0.15, 0.2) is 134 Å². The van der Waals surface area contributed by atoms with Crippen LogP contribution in [0.2, 0.25) is 0 Å². The van der Waals surface area contributed by atoms with Gasteiger partial charge in [0.2, 0.25) is 0 Å². The molecule has 44 heavy (non-hydrogen) atoms. The van der Waals surface area contributed by atoms with Crippen LogP contribution in [0, 0.1) is 57.2 Å². The lowest BCUT2D eigenvalue weighted by Gasteiger charge is -2.51. The third kappa shape index (κ3) is 6.81. The van der Waals surface area contributed by atoms with E-state index in [1.807, 2.05) is 97.1 Å². The predicted molar refractivity (Wildman–Crippen MR) is 173 cm³/mol. The van der Waals surface area contributed by atoms with E-state index in [9.17, 15) is 10.5 Å². The van der Waals surface area contributed by atoms with Crippen LogP contribution in [0.1, 0.15) is 56.3 Å². The van der Waals surface area contributed by atoms with E-state index < -0.39 is 0 Å². The molecule has 0 aliphatic heterocycles. The van der Waals surface area contributed by atoms with Crippen LogP contribution in [-0.4, -0.2) is 0 Å². The first-order valence-electron chi connectivity index (χ1n) is 14.3. The summed E-state index contributed by atoms with van der Waals surface area (Å²) in [5.74, 6) is 0.724. The lowest BCUT2D eigenvalue weighted by molar-refractivity contribution is 0.176. The summed E-state index contributed by atoms with van der Waals surface area (Å²) in [6.45, 7) is 0. The van der Waals surface area contributed by atoms with Crippen molar-refractivity contribution in [2.45, 2.75) is 11.8 Å². The van der Waals surface area contributed by atoms with E-state index in [4.69, 9.17) is 10.5 Å². The Hall–Kier alpha value is -6.20. The maximum Gasteiger partial charge on any atom is 0.0991 e. The lowest BCUT2D eigenvalue weighted by Crippen LogP contribution is -2.41. The Morgan fingerprint density at radius 3 is 0.977 bits per heavy atom. The lowest BCUT2D eigenvalue weighted by atomic mass is 9.52. The number of nitriles is 4. The predicted octanol–water partition coefficient (Wildman–Crippen LogP) is 8.83. The van der Waals surface area contributed by atoms with Crippen LogP contribution in [0.25, 0.3) is 12.2 Å². The monoisotopic (exact) mass is 564 g/mol. The molecule has 0 saturated heterocycles. The van der Waals surface area contributed by atoms with Crippen molar-refractivity contribution in [3.8, 4) is 24.3 Å². The number of nitrogens with zero attached hydrogens (tertiary/aromatic N) is 4. The Kier molecular flexibility index (Phi) is 9.40. The number of benzene rings is 4. The van der Waals surface area contributed by atoms with Gasteiger partial charge in [0.15, 0.2) is 0 Å². The molecule has 1 saturated carbocycles. The highest BCUT2D eigenvalue weighted by Crippen LogP contribution is 2.59. The number of hydrogen-bond acceptors (Lipinski definition) is 4. The van der Waals surface area contributed by atoms with E-state index in [1.165, 1.54) is 11.1 Å². The molecule has 4 heteroatoms. The highest BCUT2D eigenvalue weighted by atomic mass is 14.5. The van der Waals surface area contributed by atoms with E-state index in [0.29, 0.717) is 22.3 Å². The minimum absolute atomic E-state index is 0.174. The van der Waals surface area contributed by atoms with E-state index in [0.717, 1.165) is 11.1 Å². The van der Waals surface area contributed by atoms with Crippen molar-refractivity contribution in [3.05, 3.63) is 178 Å². The van der Waals surface area contributed by atoms with Crippen molar-refractivity contribution in [2.75, 3.05) is 0 Å². The van der Waals surface area contributed by atoms with Gasteiger partial charge in [-0.15, -0.1) is 0 Å². The van der Waals surface area contributed by atoms with Gasteiger partial charge in [-0.1, -0.05) is 97.1 Å². The summed E-state index contributed by atoms with van der Waals surface area (Å²) in [6, 6.07) is 39.4. The molecule has 0 N–H and O–H groups in total. The quantitative estimate of drug-likeness (QED) is 0.200. The average molecular weight is 565 g/mol. The van der Waals surface area contributed by atoms with Gasteiger partial charge in [-0.25, -0.2) is 0 Å². The zero-order valence-corrected chi connectivity index (χ0v) is 24.0. The Balaban J connectivity index is 1.47. The molecule has 0 radical (unpaired) electrons. The fourth-order valence-electron chi connectivity index (χ4n) is 5.78. The molecule has 0 spiro atoms. The Labute approximate surface area is 258 Å². The molecule has 4 atom stereocenters. The molecule has 0 unspecified atom stereocenters. The first kappa shape index (κ1) is 29.3. The minimum Gasteiger partial charge on any atom is -0.192 e. The summed E-state index contributed by atoms with van der Waals surface area (Å²) in [6.07, 6.45) is 16.8. The summed E-state index contributed by atoms with van der Waals surface area (Å²) in [5.41, 5.74) is 6.90.